The van der Waals surface area contributed by atoms with Gasteiger partial charge in [0.15, 0.2) is 0 Å². The van der Waals surface area contributed by atoms with Gasteiger partial charge in [0.05, 0.1) is 24.4 Å². The molecule has 0 aliphatic rings. The zero-order valence-electron chi connectivity index (χ0n) is 14.1. The van der Waals surface area contributed by atoms with Crippen molar-refractivity contribution in [3.63, 3.8) is 0 Å². The maximum Gasteiger partial charge on any atom is 0.137 e. The number of methoxy groups -OCH3 is 1. The van der Waals surface area contributed by atoms with E-state index in [1.54, 1.807) is 13.3 Å². The summed E-state index contributed by atoms with van der Waals surface area (Å²) < 4.78 is 11.6. The minimum absolute atomic E-state index is 0.111. The smallest absolute Gasteiger partial charge is 0.137 e. The Hall–Kier alpha value is -1.13. The largest absolute Gasteiger partial charge is 0.492 e. The van der Waals surface area contributed by atoms with E-state index in [0.29, 0.717) is 6.61 Å². The Morgan fingerprint density at radius 3 is 2.43 bits per heavy atom. The number of aromatic nitrogens is 1. The van der Waals surface area contributed by atoms with Crippen molar-refractivity contribution in [3.05, 3.63) is 24.0 Å². The molecule has 0 radical (unpaired) electrons. The van der Waals surface area contributed by atoms with E-state index in [4.69, 9.17) is 9.47 Å². The van der Waals surface area contributed by atoms with Crippen LogP contribution in [0.15, 0.2) is 18.5 Å². The average Bonchev–Trinajstić information content (AvgIpc) is 2.54. The molecule has 4 heteroatoms. The second-order valence-corrected chi connectivity index (χ2v) is 5.27. The Bertz CT molecular complexity index is 397. The van der Waals surface area contributed by atoms with Crippen LogP contribution in [0.5, 0.6) is 5.75 Å². The molecule has 1 aromatic heterocycles. The molecule has 1 N–H and O–H groups in total. The van der Waals surface area contributed by atoms with E-state index in [2.05, 4.69) is 44.1 Å². The van der Waals surface area contributed by atoms with Crippen LogP contribution in [0, 0.1) is 0 Å². The van der Waals surface area contributed by atoms with Crippen LogP contribution in [-0.2, 0) is 4.74 Å². The average molecular weight is 294 g/mol. The van der Waals surface area contributed by atoms with E-state index in [9.17, 15) is 0 Å². The van der Waals surface area contributed by atoms with Gasteiger partial charge in [-0.15, -0.1) is 0 Å². The van der Waals surface area contributed by atoms with Crippen LogP contribution in [0.2, 0.25) is 0 Å². The molecule has 0 aromatic carbocycles. The van der Waals surface area contributed by atoms with Crippen LogP contribution in [0.1, 0.15) is 58.6 Å². The fourth-order valence-corrected chi connectivity index (χ4v) is 2.77. The van der Waals surface area contributed by atoms with Gasteiger partial charge in [-0.05, 0) is 37.4 Å². The van der Waals surface area contributed by atoms with E-state index in [0.717, 1.165) is 37.1 Å². The van der Waals surface area contributed by atoms with Gasteiger partial charge in [0.1, 0.15) is 5.75 Å². The van der Waals surface area contributed by atoms with Gasteiger partial charge >= 0.3 is 0 Å². The lowest BCUT2D eigenvalue weighted by atomic mass is 9.84. The van der Waals surface area contributed by atoms with Gasteiger partial charge in [-0.3, -0.25) is 4.98 Å². The zero-order chi connectivity index (χ0) is 15.7. The predicted molar refractivity (Wildman–Crippen MR) is 86.8 cm³/mol. The quantitative estimate of drug-likeness (QED) is 0.714. The van der Waals surface area contributed by atoms with Gasteiger partial charge in [0, 0.05) is 13.3 Å². The summed E-state index contributed by atoms with van der Waals surface area (Å²) in [6.07, 6.45) is 6.56. The molecule has 0 bridgehead atoms. The summed E-state index contributed by atoms with van der Waals surface area (Å²) in [5.41, 5.74) is 0.900. The van der Waals surface area contributed by atoms with Crippen molar-refractivity contribution in [1.29, 1.82) is 0 Å². The predicted octanol–water partition coefficient (Wildman–Crippen LogP) is 3.73. The van der Waals surface area contributed by atoms with Gasteiger partial charge in [0.2, 0.25) is 0 Å². The molecule has 21 heavy (non-hydrogen) atoms. The molecule has 0 saturated carbocycles. The molecule has 0 aliphatic carbocycles. The molecule has 0 spiro atoms. The Balaban J connectivity index is 3.09. The van der Waals surface area contributed by atoms with E-state index in [1.165, 1.54) is 0 Å². The number of rotatable bonds is 10. The molecule has 1 aromatic rings. The highest BCUT2D eigenvalue weighted by Gasteiger charge is 2.36. The lowest BCUT2D eigenvalue weighted by molar-refractivity contribution is -0.0483. The van der Waals surface area contributed by atoms with Crippen molar-refractivity contribution < 1.29 is 9.47 Å². The number of pyridine rings is 1. The Kier molecular flexibility index (Phi) is 7.68. The summed E-state index contributed by atoms with van der Waals surface area (Å²) in [6.45, 7) is 10.2. The Morgan fingerprint density at radius 2 is 1.90 bits per heavy atom. The van der Waals surface area contributed by atoms with Crippen LogP contribution < -0.4 is 10.1 Å². The van der Waals surface area contributed by atoms with Crippen molar-refractivity contribution in [1.82, 2.24) is 10.3 Å². The van der Waals surface area contributed by atoms with Crippen molar-refractivity contribution in [2.45, 2.75) is 58.6 Å². The van der Waals surface area contributed by atoms with Crippen LogP contribution in [0.4, 0.5) is 0 Å². The fourth-order valence-electron chi connectivity index (χ4n) is 2.77. The Labute approximate surface area is 129 Å². The molecule has 1 heterocycles. The highest BCUT2D eigenvalue weighted by atomic mass is 16.5. The molecule has 0 aliphatic heterocycles. The second kappa shape index (κ2) is 9.00. The highest BCUT2D eigenvalue weighted by molar-refractivity contribution is 5.28. The van der Waals surface area contributed by atoms with Crippen LogP contribution in [0.25, 0.3) is 0 Å². The number of likely N-dealkylation sites (N-methyl/N-ethyl adjacent to an activating group) is 1. The number of hydrogen-bond acceptors (Lipinski definition) is 4. The minimum atomic E-state index is -0.221. The minimum Gasteiger partial charge on any atom is -0.492 e. The summed E-state index contributed by atoms with van der Waals surface area (Å²) >= 11 is 0. The Morgan fingerprint density at radius 1 is 1.19 bits per heavy atom. The first-order valence-electron chi connectivity index (χ1n) is 8.03. The number of hydrogen-bond donors (Lipinski definition) is 1. The molecule has 4 nitrogen and oxygen atoms in total. The summed E-state index contributed by atoms with van der Waals surface area (Å²) in [5, 5.41) is 3.56. The third-order valence-electron chi connectivity index (χ3n) is 4.08. The van der Waals surface area contributed by atoms with Crippen molar-refractivity contribution >= 4 is 0 Å². The van der Waals surface area contributed by atoms with Crippen LogP contribution in [0.3, 0.4) is 0 Å². The molecular weight excluding hydrogens is 264 g/mol. The van der Waals surface area contributed by atoms with Crippen LogP contribution >= 0.6 is 0 Å². The molecule has 1 rings (SSSR count). The molecule has 0 fully saturated rings. The standard InChI is InChI=1S/C17H30N2O2/c1-6-10-21-15-11-14(12-18-13-15)16(19-9-4)17(7-2,8-3)20-5/h11-13,16,19H,6-10H2,1-5H3. The first-order valence-corrected chi connectivity index (χ1v) is 8.03. The van der Waals surface area contributed by atoms with Crippen molar-refractivity contribution in [3.8, 4) is 5.75 Å². The molecule has 0 saturated heterocycles. The number of nitrogens with zero attached hydrogens (tertiary/aromatic N) is 1. The topological polar surface area (TPSA) is 43.4 Å². The maximum absolute atomic E-state index is 5.90. The van der Waals surface area contributed by atoms with Gasteiger partial charge in [-0.25, -0.2) is 0 Å². The lowest BCUT2D eigenvalue weighted by Crippen LogP contribution is -2.44. The molecule has 0 amide bonds. The zero-order valence-corrected chi connectivity index (χ0v) is 14.1. The highest BCUT2D eigenvalue weighted by Crippen LogP contribution is 2.35. The second-order valence-electron chi connectivity index (χ2n) is 5.27. The van der Waals surface area contributed by atoms with E-state index in [1.807, 2.05) is 6.20 Å². The van der Waals surface area contributed by atoms with E-state index < -0.39 is 0 Å². The van der Waals surface area contributed by atoms with Crippen molar-refractivity contribution in [2.24, 2.45) is 0 Å². The van der Waals surface area contributed by atoms with Crippen LogP contribution in [-0.4, -0.2) is 30.8 Å². The normalized spacial score (nSPS) is 13.2. The SMILES string of the molecule is CCCOc1cncc(C(NCC)C(CC)(CC)OC)c1. The first kappa shape index (κ1) is 17.9. The van der Waals surface area contributed by atoms with Gasteiger partial charge in [0.25, 0.3) is 0 Å². The van der Waals surface area contributed by atoms with Crippen molar-refractivity contribution in [2.75, 3.05) is 20.3 Å². The lowest BCUT2D eigenvalue weighted by Gasteiger charge is -2.39. The number of nitrogens with one attached hydrogen (secondary N) is 1. The van der Waals surface area contributed by atoms with Gasteiger partial charge in [-0.1, -0.05) is 27.7 Å². The molecule has 1 unspecified atom stereocenters. The summed E-state index contributed by atoms with van der Waals surface area (Å²) in [5.74, 6) is 0.828. The first-order chi connectivity index (χ1) is 10.2. The van der Waals surface area contributed by atoms with Gasteiger partial charge < -0.3 is 14.8 Å². The molecule has 120 valence electrons. The summed E-state index contributed by atoms with van der Waals surface area (Å²) in [6, 6.07) is 2.19. The molecule has 1 atom stereocenters. The molecular formula is C17H30N2O2. The maximum atomic E-state index is 5.90. The summed E-state index contributed by atoms with van der Waals surface area (Å²) in [4.78, 5) is 4.34. The number of ether oxygens (including phenoxy) is 2. The third kappa shape index (κ3) is 4.42. The fraction of sp³-hybridized carbons (Fsp3) is 0.706. The monoisotopic (exact) mass is 294 g/mol. The summed E-state index contributed by atoms with van der Waals surface area (Å²) in [7, 11) is 1.79. The third-order valence-corrected chi connectivity index (χ3v) is 4.08. The van der Waals surface area contributed by atoms with E-state index in [-0.39, 0.29) is 11.6 Å². The van der Waals surface area contributed by atoms with Gasteiger partial charge in [-0.2, -0.15) is 0 Å². The van der Waals surface area contributed by atoms with E-state index >= 15 is 0 Å².